The van der Waals surface area contributed by atoms with Gasteiger partial charge in [0, 0.05) is 6.54 Å². The molecular weight excluding hydrogens is 126 g/mol. The standard InChI is InChI=1S/C8H15NO/c1-4-7(3)6-9-8(10)5-2/h5,7H,2,4,6H2,1,3H3,(H,9,10). The van der Waals surface area contributed by atoms with E-state index in [0.29, 0.717) is 5.92 Å². The fourth-order valence-corrected chi connectivity index (χ4v) is 0.491. The monoisotopic (exact) mass is 141 g/mol. The average Bonchev–Trinajstić information content (AvgIpc) is 1.99. The normalized spacial score (nSPS) is 12.2. The van der Waals surface area contributed by atoms with E-state index in [4.69, 9.17) is 0 Å². The van der Waals surface area contributed by atoms with Gasteiger partial charge < -0.3 is 5.32 Å². The Kier molecular flexibility index (Phi) is 4.63. The van der Waals surface area contributed by atoms with Gasteiger partial charge >= 0.3 is 0 Å². The van der Waals surface area contributed by atoms with Gasteiger partial charge in [-0.05, 0) is 12.0 Å². The average molecular weight is 141 g/mol. The lowest BCUT2D eigenvalue weighted by atomic mass is 10.1. The van der Waals surface area contributed by atoms with Gasteiger partial charge in [0.15, 0.2) is 0 Å². The number of carbonyl (C=O) groups excluding carboxylic acids is 1. The Balaban J connectivity index is 3.34. The number of hydrogen-bond donors (Lipinski definition) is 1. The van der Waals surface area contributed by atoms with E-state index in [1.807, 2.05) is 0 Å². The Morgan fingerprint density at radius 3 is 2.80 bits per heavy atom. The number of amides is 1. The predicted molar refractivity (Wildman–Crippen MR) is 42.7 cm³/mol. The van der Waals surface area contributed by atoms with Crippen LogP contribution in [0.3, 0.4) is 0 Å². The second-order valence-corrected chi connectivity index (χ2v) is 2.46. The third-order valence-corrected chi connectivity index (χ3v) is 1.51. The smallest absolute Gasteiger partial charge is 0.243 e. The highest BCUT2D eigenvalue weighted by molar-refractivity contribution is 5.86. The summed E-state index contributed by atoms with van der Waals surface area (Å²) in [5.74, 6) is 0.476. The third-order valence-electron chi connectivity index (χ3n) is 1.51. The number of carbonyl (C=O) groups is 1. The first-order valence-electron chi connectivity index (χ1n) is 3.61. The summed E-state index contributed by atoms with van der Waals surface area (Å²) in [5, 5.41) is 2.73. The predicted octanol–water partition coefficient (Wildman–Crippen LogP) is 1.33. The van der Waals surface area contributed by atoms with Gasteiger partial charge in [-0.25, -0.2) is 0 Å². The molecule has 10 heavy (non-hydrogen) atoms. The topological polar surface area (TPSA) is 29.1 Å². The van der Waals surface area contributed by atoms with Crippen LogP contribution in [0.4, 0.5) is 0 Å². The Morgan fingerprint density at radius 2 is 2.40 bits per heavy atom. The van der Waals surface area contributed by atoms with E-state index in [0.717, 1.165) is 13.0 Å². The summed E-state index contributed by atoms with van der Waals surface area (Å²) >= 11 is 0. The fourth-order valence-electron chi connectivity index (χ4n) is 0.491. The highest BCUT2D eigenvalue weighted by Gasteiger charge is 1.98. The molecule has 0 fully saturated rings. The summed E-state index contributed by atoms with van der Waals surface area (Å²) < 4.78 is 0. The van der Waals surface area contributed by atoms with Crippen LogP contribution in [0.25, 0.3) is 0 Å². The molecule has 0 spiro atoms. The molecule has 1 amide bonds. The summed E-state index contributed by atoms with van der Waals surface area (Å²) in [7, 11) is 0. The lowest BCUT2D eigenvalue weighted by Gasteiger charge is -2.07. The highest BCUT2D eigenvalue weighted by Crippen LogP contribution is 1.96. The zero-order valence-corrected chi connectivity index (χ0v) is 6.68. The fraction of sp³-hybridized carbons (Fsp3) is 0.625. The molecule has 1 atom stereocenters. The van der Waals surface area contributed by atoms with Gasteiger partial charge in [-0.2, -0.15) is 0 Å². The molecule has 0 aromatic heterocycles. The van der Waals surface area contributed by atoms with E-state index in [1.165, 1.54) is 6.08 Å². The van der Waals surface area contributed by atoms with Gasteiger partial charge in [0.05, 0.1) is 0 Å². The van der Waals surface area contributed by atoms with Crippen molar-refractivity contribution in [2.24, 2.45) is 5.92 Å². The van der Waals surface area contributed by atoms with Crippen molar-refractivity contribution in [3.05, 3.63) is 12.7 Å². The number of nitrogens with one attached hydrogen (secondary N) is 1. The molecule has 0 aliphatic rings. The van der Waals surface area contributed by atoms with Gasteiger partial charge in [-0.3, -0.25) is 4.79 Å². The van der Waals surface area contributed by atoms with Crippen molar-refractivity contribution in [1.82, 2.24) is 5.32 Å². The first-order chi connectivity index (χ1) is 4.70. The van der Waals surface area contributed by atoms with E-state index in [2.05, 4.69) is 25.7 Å². The van der Waals surface area contributed by atoms with Crippen LogP contribution >= 0.6 is 0 Å². The zero-order valence-electron chi connectivity index (χ0n) is 6.68. The first-order valence-corrected chi connectivity index (χ1v) is 3.61. The molecule has 2 heteroatoms. The molecule has 0 rings (SSSR count). The van der Waals surface area contributed by atoms with Gasteiger partial charge in [0.25, 0.3) is 0 Å². The van der Waals surface area contributed by atoms with E-state index in [1.54, 1.807) is 0 Å². The second kappa shape index (κ2) is 5.03. The molecule has 0 heterocycles. The Hall–Kier alpha value is -0.790. The third kappa shape index (κ3) is 4.13. The highest BCUT2D eigenvalue weighted by atomic mass is 16.1. The lowest BCUT2D eigenvalue weighted by molar-refractivity contribution is -0.116. The van der Waals surface area contributed by atoms with Crippen LogP contribution < -0.4 is 5.32 Å². The van der Waals surface area contributed by atoms with Crippen molar-refractivity contribution >= 4 is 5.91 Å². The molecule has 0 aliphatic carbocycles. The van der Waals surface area contributed by atoms with E-state index < -0.39 is 0 Å². The summed E-state index contributed by atoms with van der Waals surface area (Å²) in [6.45, 7) is 8.31. The van der Waals surface area contributed by atoms with Crippen LogP contribution in [0.1, 0.15) is 20.3 Å². The van der Waals surface area contributed by atoms with E-state index >= 15 is 0 Å². The minimum atomic E-state index is -0.0831. The first kappa shape index (κ1) is 9.21. The van der Waals surface area contributed by atoms with Crippen molar-refractivity contribution in [2.75, 3.05) is 6.54 Å². The number of rotatable bonds is 4. The van der Waals surface area contributed by atoms with Crippen molar-refractivity contribution < 1.29 is 4.79 Å². The Bertz CT molecular complexity index is 120. The molecule has 2 nitrogen and oxygen atoms in total. The van der Waals surface area contributed by atoms with Crippen LogP contribution in [0.5, 0.6) is 0 Å². The Labute approximate surface area is 62.3 Å². The zero-order chi connectivity index (χ0) is 7.98. The maximum atomic E-state index is 10.6. The van der Waals surface area contributed by atoms with Crippen LogP contribution in [-0.4, -0.2) is 12.5 Å². The molecule has 0 aromatic rings. The minimum absolute atomic E-state index is 0.0831. The van der Waals surface area contributed by atoms with Crippen LogP contribution in [-0.2, 0) is 4.79 Å². The lowest BCUT2D eigenvalue weighted by Crippen LogP contribution is -2.25. The number of hydrogen-bond acceptors (Lipinski definition) is 1. The molecule has 58 valence electrons. The second-order valence-electron chi connectivity index (χ2n) is 2.46. The molecule has 0 radical (unpaired) electrons. The van der Waals surface area contributed by atoms with Crippen LogP contribution in [0.15, 0.2) is 12.7 Å². The van der Waals surface area contributed by atoms with Crippen molar-refractivity contribution in [3.8, 4) is 0 Å². The molecule has 0 aromatic carbocycles. The molecular formula is C8H15NO. The largest absolute Gasteiger partial charge is 0.352 e. The maximum Gasteiger partial charge on any atom is 0.243 e. The summed E-state index contributed by atoms with van der Waals surface area (Å²) in [5.41, 5.74) is 0. The van der Waals surface area contributed by atoms with Gasteiger partial charge in [-0.15, -0.1) is 0 Å². The van der Waals surface area contributed by atoms with Crippen molar-refractivity contribution in [2.45, 2.75) is 20.3 Å². The van der Waals surface area contributed by atoms with Crippen molar-refractivity contribution in [3.63, 3.8) is 0 Å². The quantitative estimate of drug-likeness (QED) is 0.588. The molecule has 0 saturated heterocycles. The Morgan fingerprint density at radius 1 is 1.80 bits per heavy atom. The van der Waals surface area contributed by atoms with Crippen molar-refractivity contribution in [1.29, 1.82) is 0 Å². The summed E-state index contributed by atoms with van der Waals surface area (Å²) in [4.78, 5) is 10.6. The molecule has 0 aliphatic heterocycles. The van der Waals surface area contributed by atoms with Gasteiger partial charge in [0.1, 0.15) is 0 Å². The van der Waals surface area contributed by atoms with Crippen LogP contribution in [0, 0.1) is 5.92 Å². The summed E-state index contributed by atoms with van der Waals surface area (Å²) in [6, 6.07) is 0. The molecule has 0 saturated carbocycles. The van der Waals surface area contributed by atoms with Gasteiger partial charge in [0.2, 0.25) is 5.91 Å². The summed E-state index contributed by atoms with van der Waals surface area (Å²) in [6.07, 6.45) is 2.39. The molecule has 0 bridgehead atoms. The van der Waals surface area contributed by atoms with E-state index in [9.17, 15) is 4.79 Å². The maximum absolute atomic E-state index is 10.6. The molecule has 1 unspecified atom stereocenters. The molecule has 1 N–H and O–H groups in total. The minimum Gasteiger partial charge on any atom is -0.352 e. The SMILES string of the molecule is C=CC(=O)NCC(C)CC. The van der Waals surface area contributed by atoms with Crippen LogP contribution in [0.2, 0.25) is 0 Å². The van der Waals surface area contributed by atoms with E-state index in [-0.39, 0.29) is 5.91 Å². The van der Waals surface area contributed by atoms with Gasteiger partial charge in [-0.1, -0.05) is 26.8 Å².